The van der Waals surface area contributed by atoms with Crippen LogP contribution in [0.4, 0.5) is 5.69 Å². The molecule has 0 atom stereocenters. The number of halogens is 2. The summed E-state index contributed by atoms with van der Waals surface area (Å²) in [6.07, 6.45) is 0. The van der Waals surface area contributed by atoms with Gasteiger partial charge in [0, 0.05) is 5.02 Å². The number of hydrogen-bond donors (Lipinski definition) is 1. The average Bonchev–Trinajstić information content (AvgIpc) is 2.47. The third kappa shape index (κ3) is 3.96. The lowest BCUT2D eigenvalue weighted by Gasteiger charge is -2.24. The van der Waals surface area contributed by atoms with Gasteiger partial charge in [0.1, 0.15) is 11.4 Å². The van der Waals surface area contributed by atoms with Gasteiger partial charge in [0.15, 0.2) is 0 Å². The molecule has 0 saturated heterocycles. The smallest absolute Gasteiger partial charge is 0.266 e. The predicted octanol–water partition coefficient (Wildman–Crippen LogP) is 2.98. The van der Waals surface area contributed by atoms with E-state index in [0.717, 1.165) is 9.87 Å². The van der Waals surface area contributed by atoms with Gasteiger partial charge in [-0.05, 0) is 42.8 Å². The SMILES string of the molecule is Cc1cccc(N(CC(N)=O)S(=O)(=O)c2cc(Cl)ccc2Cl)c1. The molecule has 0 unspecified atom stereocenters. The molecular formula is C15H14Cl2N2O3S. The molecule has 0 bridgehead atoms. The highest BCUT2D eigenvalue weighted by atomic mass is 35.5. The Balaban J connectivity index is 2.62. The van der Waals surface area contributed by atoms with E-state index in [9.17, 15) is 13.2 Å². The van der Waals surface area contributed by atoms with Gasteiger partial charge in [-0.25, -0.2) is 8.42 Å². The highest BCUT2D eigenvalue weighted by Gasteiger charge is 2.28. The number of rotatable bonds is 5. The van der Waals surface area contributed by atoms with Crippen molar-refractivity contribution >= 4 is 44.8 Å². The van der Waals surface area contributed by atoms with E-state index in [2.05, 4.69) is 0 Å². The molecule has 0 radical (unpaired) electrons. The fourth-order valence-electron chi connectivity index (χ4n) is 2.03. The van der Waals surface area contributed by atoms with Gasteiger partial charge >= 0.3 is 0 Å². The molecule has 2 N–H and O–H groups in total. The van der Waals surface area contributed by atoms with Crippen molar-refractivity contribution in [1.82, 2.24) is 0 Å². The Bertz CT molecular complexity index is 854. The molecule has 2 aromatic carbocycles. The fourth-order valence-corrected chi connectivity index (χ4v) is 4.20. The van der Waals surface area contributed by atoms with Crippen LogP contribution in [0.15, 0.2) is 47.4 Å². The molecule has 122 valence electrons. The van der Waals surface area contributed by atoms with Crippen LogP contribution in [-0.2, 0) is 14.8 Å². The maximum Gasteiger partial charge on any atom is 0.266 e. The van der Waals surface area contributed by atoms with Crippen molar-refractivity contribution in [1.29, 1.82) is 0 Å². The van der Waals surface area contributed by atoms with E-state index in [-0.39, 0.29) is 14.9 Å². The molecule has 0 aliphatic carbocycles. The number of anilines is 1. The Labute approximate surface area is 144 Å². The molecule has 0 fully saturated rings. The Kier molecular flexibility index (Phi) is 5.19. The van der Waals surface area contributed by atoms with E-state index < -0.39 is 22.5 Å². The van der Waals surface area contributed by atoms with Crippen molar-refractivity contribution in [3.05, 3.63) is 58.1 Å². The second-order valence-corrected chi connectivity index (χ2v) is 7.57. The summed E-state index contributed by atoms with van der Waals surface area (Å²) < 4.78 is 26.8. The quantitative estimate of drug-likeness (QED) is 0.875. The summed E-state index contributed by atoms with van der Waals surface area (Å²) in [4.78, 5) is 11.2. The molecular weight excluding hydrogens is 359 g/mol. The van der Waals surface area contributed by atoms with Crippen LogP contribution in [0.25, 0.3) is 0 Å². The summed E-state index contributed by atoms with van der Waals surface area (Å²) >= 11 is 11.9. The van der Waals surface area contributed by atoms with Crippen molar-refractivity contribution in [3.8, 4) is 0 Å². The molecule has 23 heavy (non-hydrogen) atoms. The molecule has 5 nitrogen and oxygen atoms in total. The van der Waals surface area contributed by atoms with Crippen LogP contribution in [-0.4, -0.2) is 20.9 Å². The van der Waals surface area contributed by atoms with E-state index in [1.807, 2.05) is 13.0 Å². The topological polar surface area (TPSA) is 80.5 Å². The van der Waals surface area contributed by atoms with Crippen LogP contribution in [0.2, 0.25) is 10.0 Å². The van der Waals surface area contributed by atoms with Crippen LogP contribution in [0, 0.1) is 6.92 Å². The number of carbonyl (C=O) groups is 1. The summed E-state index contributed by atoms with van der Waals surface area (Å²) in [7, 11) is -4.10. The first-order valence-electron chi connectivity index (χ1n) is 6.54. The van der Waals surface area contributed by atoms with Crippen molar-refractivity contribution in [2.45, 2.75) is 11.8 Å². The van der Waals surface area contributed by atoms with Crippen LogP contribution < -0.4 is 10.0 Å². The number of benzene rings is 2. The molecule has 0 heterocycles. The lowest BCUT2D eigenvalue weighted by molar-refractivity contribution is -0.116. The van der Waals surface area contributed by atoms with Gasteiger partial charge in [-0.1, -0.05) is 35.3 Å². The van der Waals surface area contributed by atoms with E-state index in [1.165, 1.54) is 18.2 Å². The van der Waals surface area contributed by atoms with Crippen LogP contribution in [0.1, 0.15) is 5.56 Å². The molecule has 1 amide bonds. The largest absolute Gasteiger partial charge is 0.368 e. The van der Waals surface area contributed by atoms with Gasteiger partial charge in [0.05, 0.1) is 10.7 Å². The zero-order valence-corrected chi connectivity index (χ0v) is 14.5. The molecule has 2 rings (SSSR count). The molecule has 0 saturated carbocycles. The molecule has 0 aromatic heterocycles. The van der Waals surface area contributed by atoms with Crippen molar-refractivity contribution in [2.75, 3.05) is 10.8 Å². The van der Waals surface area contributed by atoms with Crippen LogP contribution >= 0.6 is 23.2 Å². The first-order chi connectivity index (χ1) is 10.7. The monoisotopic (exact) mass is 372 g/mol. The number of amides is 1. The number of sulfonamides is 1. The van der Waals surface area contributed by atoms with Crippen molar-refractivity contribution in [2.24, 2.45) is 5.73 Å². The molecule has 2 aromatic rings. The first-order valence-corrected chi connectivity index (χ1v) is 8.74. The van der Waals surface area contributed by atoms with Gasteiger partial charge in [-0.2, -0.15) is 0 Å². The van der Waals surface area contributed by atoms with E-state index in [1.54, 1.807) is 18.2 Å². The predicted molar refractivity (Wildman–Crippen MR) is 91.4 cm³/mol. The van der Waals surface area contributed by atoms with Crippen LogP contribution in [0.3, 0.4) is 0 Å². The van der Waals surface area contributed by atoms with Gasteiger partial charge in [0.2, 0.25) is 5.91 Å². The highest BCUT2D eigenvalue weighted by molar-refractivity contribution is 7.93. The van der Waals surface area contributed by atoms with E-state index >= 15 is 0 Å². The third-order valence-corrected chi connectivity index (χ3v) is 5.54. The molecule has 8 heteroatoms. The molecule has 0 spiro atoms. The van der Waals surface area contributed by atoms with Gasteiger partial charge in [-0.3, -0.25) is 9.10 Å². The maximum absolute atomic E-state index is 12.9. The summed E-state index contributed by atoms with van der Waals surface area (Å²) in [5.41, 5.74) is 6.36. The Hall–Kier alpha value is -1.76. The summed E-state index contributed by atoms with van der Waals surface area (Å²) in [5, 5.41) is 0.229. The Morgan fingerprint density at radius 1 is 1.17 bits per heavy atom. The minimum atomic E-state index is -4.10. The number of hydrogen-bond acceptors (Lipinski definition) is 3. The lowest BCUT2D eigenvalue weighted by Crippen LogP contribution is -2.38. The normalized spacial score (nSPS) is 11.3. The lowest BCUT2D eigenvalue weighted by atomic mass is 10.2. The number of nitrogens with two attached hydrogens (primary N) is 1. The number of carbonyl (C=O) groups excluding carboxylic acids is 1. The number of primary amides is 1. The zero-order chi connectivity index (χ0) is 17.2. The minimum Gasteiger partial charge on any atom is -0.368 e. The first kappa shape index (κ1) is 17.6. The summed E-state index contributed by atoms with van der Waals surface area (Å²) in [6, 6.07) is 10.8. The third-order valence-electron chi connectivity index (χ3n) is 3.05. The van der Waals surface area contributed by atoms with Gasteiger partial charge < -0.3 is 5.73 Å². The van der Waals surface area contributed by atoms with Gasteiger partial charge in [-0.15, -0.1) is 0 Å². The van der Waals surface area contributed by atoms with E-state index in [0.29, 0.717) is 5.69 Å². The Morgan fingerprint density at radius 3 is 2.48 bits per heavy atom. The van der Waals surface area contributed by atoms with Crippen molar-refractivity contribution in [3.63, 3.8) is 0 Å². The standard InChI is InChI=1S/C15H14Cl2N2O3S/c1-10-3-2-4-12(7-10)19(9-15(18)20)23(21,22)14-8-11(16)5-6-13(14)17/h2-8H,9H2,1H3,(H2,18,20). The van der Waals surface area contributed by atoms with Gasteiger partial charge in [0.25, 0.3) is 10.0 Å². The molecule has 0 aliphatic rings. The van der Waals surface area contributed by atoms with E-state index in [4.69, 9.17) is 28.9 Å². The average molecular weight is 373 g/mol. The Morgan fingerprint density at radius 2 is 1.87 bits per heavy atom. The maximum atomic E-state index is 12.9. The minimum absolute atomic E-state index is 0.0107. The molecule has 0 aliphatic heterocycles. The summed E-state index contributed by atoms with van der Waals surface area (Å²) in [6.45, 7) is 1.31. The summed E-state index contributed by atoms with van der Waals surface area (Å²) in [5.74, 6) is -0.784. The van der Waals surface area contributed by atoms with Crippen molar-refractivity contribution < 1.29 is 13.2 Å². The zero-order valence-electron chi connectivity index (χ0n) is 12.2. The highest BCUT2D eigenvalue weighted by Crippen LogP contribution is 2.30. The second-order valence-electron chi connectivity index (χ2n) is 4.89. The number of nitrogens with zero attached hydrogens (tertiary/aromatic N) is 1. The fraction of sp³-hybridized carbons (Fsp3) is 0.133. The number of aryl methyl sites for hydroxylation is 1. The second kappa shape index (κ2) is 6.78. The van der Waals surface area contributed by atoms with Crippen LogP contribution in [0.5, 0.6) is 0 Å².